The molecule has 0 aliphatic heterocycles. The van der Waals surface area contributed by atoms with Crippen molar-refractivity contribution in [1.82, 2.24) is 4.98 Å². The van der Waals surface area contributed by atoms with Crippen molar-refractivity contribution in [3.8, 4) is 10.4 Å². The lowest BCUT2D eigenvalue weighted by atomic mass is 10.1. The van der Waals surface area contributed by atoms with Gasteiger partial charge >= 0.3 is 0 Å². The molecule has 2 heterocycles. The maximum Gasteiger partial charge on any atom is 0.0842 e. The average molecular weight is 278 g/mol. The number of halogens is 1. The monoisotopic (exact) mass is 277 g/mol. The van der Waals surface area contributed by atoms with Crippen molar-refractivity contribution in [2.75, 3.05) is 0 Å². The minimum Gasteiger partial charge on any atom is -0.254 e. The topological polar surface area (TPSA) is 12.9 Å². The fourth-order valence-electron chi connectivity index (χ4n) is 1.82. The number of rotatable bonds is 3. The lowest BCUT2D eigenvalue weighted by Gasteiger charge is -2.05. The first-order chi connectivity index (χ1) is 8.65. The largest absolute Gasteiger partial charge is 0.254 e. The molecule has 0 N–H and O–H groups in total. The molecule has 0 spiro atoms. The van der Waals surface area contributed by atoms with Crippen LogP contribution in [0.2, 0.25) is 0 Å². The van der Waals surface area contributed by atoms with E-state index in [1.165, 1.54) is 15.3 Å². The summed E-state index contributed by atoms with van der Waals surface area (Å²) in [6, 6.07) is 6.50. The highest BCUT2D eigenvalue weighted by Gasteiger charge is 2.07. The van der Waals surface area contributed by atoms with Crippen LogP contribution in [0.4, 0.5) is 0 Å². The molecule has 2 aromatic heterocycles. The first kappa shape index (κ1) is 13.3. The van der Waals surface area contributed by atoms with E-state index in [9.17, 15) is 0 Å². The second-order valence-electron chi connectivity index (χ2n) is 4.15. The number of aryl methyl sites for hydroxylation is 2. The van der Waals surface area contributed by atoms with E-state index in [0.29, 0.717) is 5.03 Å². The van der Waals surface area contributed by atoms with Crippen molar-refractivity contribution in [2.45, 2.75) is 27.2 Å². The molecule has 0 radical (unpaired) electrons. The molecule has 0 aromatic carbocycles. The first-order valence-corrected chi connectivity index (χ1v) is 7.23. The summed E-state index contributed by atoms with van der Waals surface area (Å²) in [5.74, 6) is 0. The van der Waals surface area contributed by atoms with Gasteiger partial charge in [-0.2, -0.15) is 0 Å². The van der Waals surface area contributed by atoms with Crippen LogP contribution in [0.3, 0.4) is 0 Å². The van der Waals surface area contributed by atoms with Crippen LogP contribution in [0.5, 0.6) is 0 Å². The van der Waals surface area contributed by atoms with Gasteiger partial charge in [-0.25, -0.2) is 0 Å². The van der Waals surface area contributed by atoms with Gasteiger partial charge in [0.15, 0.2) is 0 Å². The fraction of sp³-hybridized carbons (Fsp3) is 0.267. The molecule has 0 aliphatic rings. The van der Waals surface area contributed by atoms with Gasteiger partial charge in [-0.3, -0.25) is 4.98 Å². The van der Waals surface area contributed by atoms with Crippen molar-refractivity contribution in [2.24, 2.45) is 0 Å². The Hall–Kier alpha value is -1.12. The van der Waals surface area contributed by atoms with E-state index in [4.69, 9.17) is 11.6 Å². The van der Waals surface area contributed by atoms with E-state index in [1.54, 1.807) is 0 Å². The Morgan fingerprint density at radius 3 is 2.78 bits per heavy atom. The van der Waals surface area contributed by atoms with E-state index in [1.807, 2.05) is 37.5 Å². The summed E-state index contributed by atoms with van der Waals surface area (Å²) in [5, 5.41) is 0.708. The minimum atomic E-state index is 0.708. The lowest BCUT2D eigenvalue weighted by Crippen LogP contribution is -1.90. The van der Waals surface area contributed by atoms with Gasteiger partial charge in [-0.1, -0.05) is 24.6 Å². The maximum absolute atomic E-state index is 6.12. The third kappa shape index (κ3) is 2.65. The van der Waals surface area contributed by atoms with Crippen LogP contribution in [-0.2, 0) is 6.42 Å². The van der Waals surface area contributed by atoms with Gasteiger partial charge in [0.2, 0.25) is 0 Å². The van der Waals surface area contributed by atoms with E-state index in [0.717, 1.165) is 17.7 Å². The highest BCUT2D eigenvalue weighted by atomic mass is 35.5. The summed E-state index contributed by atoms with van der Waals surface area (Å²) in [4.78, 5) is 7.14. The van der Waals surface area contributed by atoms with Gasteiger partial charge in [0, 0.05) is 21.5 Å². The van der Waals surface area contributed by atoms with Crippen LogP contribution in [0.1, 0.15) is 30.0 Å². The molecule has 2 aromatic rings. The number of nitrogens with zero attached hydrogens (tertiary/aromatic N) is 1. The van der Waals surface area contributed by atoms with Crippen LogP contribution < -0.4 is 0 Å². The minimum absolute atomic E-state index is 0.708. The zero-order valence-electron chi connectivity index (χ0n) is 10.8. The molecule has 1 nitrogen and oxygen atoms in total. The van der Waals surface area contributed by atoms with Crippen LogP contribution in [0.25, 0.3) is 15.5 Å². The summed E-state index contributed by atoms with van der Waals surface area (Å²) in [6.07, 6.45) is 4.86. The second-order valence-corrected chi connectivity index (χ2v) is 5.72. The molecule has 0 saturated carbocycles. The number of pyridine rings is 1. The Morgan fingerprint density at radius 1 is 1.44 bits per heavy atom. The molecule has 0 amide bonds. The zero-order chi connectivity index (χ0) is 13.1. The third-order valence-corrected chi connectivity index (χ3v) is 4.53. The van der Waals surface area contributed by atoms with Gasteiger partial charge in [0.1, 0.15) is 0 Å². The van der Waals surface area contributed by atoms with Crippen LogP contribution >= 0.6 is 22.9 Å². The summed E-state index contributed by atoms with van der Waals surface area (Å²) in [6.45, 7) is 6.14. The molecule has 94 valence electrons. The Bertz CT molecular complexity index is 584. The molecular formula is C15H16ClNS. The number of hydrogen-bond donors (Lipinski definition) is 0. The Labute approximate surface area is 117 Å². The second kappa shape index (κ2) is 5.68. The quantitative estimate of drug-likeness (QED) is 0.744. The molecule has 0 unspecified atom stereocenters. The van der Waals surface area contributed by atoms with Crippen molar-refractivity contribution < 1.29 is 0 Å². The molecule has 0 fully saturated rings. The summed E-state index contributed by atoms with van der Waals surface area (Å²) < 4.78 is 0. The molecule has 0 saturated heterocycles. The van der Waals surface area contributed by atoms with Crippen molar-refractivity contribution in [3.63, 3.8) is 0 Å². The third-order valence-electron chi connectivity index (χ3n) is 2.85. The van der Waals surface area contributed by atoms with E-state index in [2.05, 4.69) is 30.1 Å². The molecule has 18 heavy (non-hydrogen) atoms. The normalized spacial score (nSPS) is 11.9. The lowest BCUT2D eigenvalue weighted by molar-refractivity contribution is 1.19. The molecule has 3 heteroatoms. The number of allylic oxidation sites excluding steroid dienone is 1. The standard InChI is InChI=1S/C15H16ClNS/c1-4-12-6-7-14(18-12)11-8-10(3)15(17-9-11)13(16)5-2/h5-9H,4H2,1-3H3/b13-5+. The van der Waals surface area contributed by atoms with E-state index >= 15 is 0 Å². The molecule has 0 atom stereocenters. The fourth-order valence-corrected chi connectivity index (χ4v) is 2.95. The number of hydrogen-bond acceptors (Lipinski definition) is 2. The molecular weight excluding hydrogens is 262 g/mol. The van der Waals surface area contributed by atoms with Gasteiger partial charge in [0.05, 0.1) is 10.7 Å². The smallest absolute Gasteiger partial charge is 0.0842 e. The van der Waals surface area contributed by atoms with Crippen molar-refractivity contribution >= 4 is 28.0 Å². The SMILES string of the molecule is C/C=C(/Cl)c1ncc(-c2ccc(CC)s2)cc1C. The van der Waals surface area contributed by atoms with Gasteiger partial charge in [-0.05, 0) is 44.0 Å². The van der Waals surface area contributed by atoms with Crippen molar-refractivity contribution in [1.29, 1.82) is 0 Å². The summed E-state index contributed by atoms with van der Waals surface area (Å²) in [5.41, 5.74) is 3.15. The number of aromatic nitrogens is 1. The van der Waals surface area contributed by atoms with Crippen LogP contribution in [-0.4, -0.2) is 4.98 Å². The first-order valence-electron chi connectivity index (χ1n) is 6.03. The van der Waals surface area contributed by atoms with Crippen molar-refractivity contribution in [3.05, 3.63) is 46.6 Å². The average Bonchev–Trinajstić information content (AvgIpc) is 2.86. The van der Waals surface area contributed by atoms with Gasteiger partial charge in [0.25, 0.3) is 0 Å². The molecule has 0 bridgehead atoms. The summed E-state index contributed by atoms with van der Waals surface area (Å²) >= 11 is 7.95. The van der Waals surface area contributed by atoms with Gasteiger partial charge in [-0.15, -0.1) is 11.3 Å². The van der Waals surface area contributed by atoms with E-state index in [-0.39, 0.29) is 0 Å². The highest BCUT2D eigenvalue weighted by Crippen LogP contribution is 2.30. The predicted octanol–water partition coefficient (Wildman–Crippen LogP) is 5.28. The Kier molecular flexibility index (Phi) is 4.20. The number of thiophene rings is 1. The Balaban J connectivity index is 2.39. The van der Waals surface area contributed by atoms with Crippen LogP contribution in [0, 0.1) is 6.92 Å². The van der Waals surface area contributed by atoms with Crippen LogP contribution in [0.15, 0.2) is 30.5 Å². The molecule has 0 aliphatic carbocycles. The van der Waals surface area contributed by atoms with Gasteiger partial charge < -0.3 is 0 Å². The predicted molar refractivity (Wildman–Crippen MR) is 81.2 cm³/mol. The maximum atomic E-state index is 6.12. The molecule has 2 rings (SSSR count). The van der Waals surface area contributed by atoms with E-state index < -0.39 is 0 Å². The summed E-state index contributed by atoms with van der Waals surface area (Å²) in [7, 11) is 0. The highest BCUT2D eigenvalue weighted by molar-refractivity contribution is 7.15. The zero-order valence-corrected chi connectivity index (χ0v) is 12.4. The Morgan fingerprint density at radius 2 is 2.22 bits per heavy atom.